The summed E-state index contributed by atoms with van der Waals surface area (Å²) in [4.78, 5) is 36.7. The number of guanidine groups is 1. The van der Waals surface area contributed by atoms with E-state index in [1.54, 1.807) is 31.2 Å². The van der Waals surface area contributed by atoms with Gasteiger partial charge in [-0.1, -0.05) is 19.1 Å². The molecule has 0 fully saturated rings. The summed E-state index contributed by atoms with van der Waals surface area (Å²) in [7, 11) is 2.33. The molecule has 0 bridgehead atoms. The van der Waals surface area contributed by atoms with Crippen molar-refractivity contribution in [1.29, 1.82) is 5.41 Å². The van der Waals surface area contributed by atoms with Crippen molar-refractivity contribution in [2.24, 2.45) is 0 Å². The molecule has 0 heterocycles. The molecule has 1 rings (SSSR count). The van der Waals surface area contributed by atoms with Crippen molar-refractivity contribution in [3.63, 3.8) is 0 Å². The molecule has 0 aromatic heterocycles. The fraction of sp³-hybridized carbons (Fsp3) is 0.412. The topological polar surface area (TPSA) is 121 Å². The number of alkyl carbamates (subject to hydrolysis) is 1. The number of thioether (sulfide) groups is 1. The zero-order valence-corrected chi connectivity index (χ0v) is 16.5. The first-order valence-corrected chi connectivity index (χ1v) is 9.15. The number of hydrogen-bond acceptors (Lipinski definition) is 7. The molecule has 1 atom stereocenters. The lowest BCUT2D eigenvalue weighted by Crippen LogP contribution is -2.47. The van der Waals surface area contributed by atoms with Gasteiger partial charge in [0.25, 0.3) is 0 Å². The van der Waals surface area contributed by atoms with Gasteiger partial charge in [0.15, 0.2) is 0 Å². The molecule has 0 aliphatic carbocycles. The Kier molecular flexibility index (Phi) is 9.14. The minimum atomic E-state index is -0.880. The quantitative estimate of drug-likeness (QED) is 0.386. The Hall–Kier alpha value is -2.75. The summed E-state index contributed by atoms with van der Waals surface area (Å²) >= 11 is 1.40. The van der Waals surface area contributed by atoms with E-state index in [2.05, 4.69) is 15.4 Å². The monoisotopic (exact) mass is 396 g/mol. The van der Waals surface area contributed by atoms with E-state index in [1.165, 1.54) is 18.9 Å². The Bertz CT molecular complexity index is 698. The predicted molar refractivity (Wildman–Crippen MR) is 103 cm³/mol. The highest BCUT2D eigenvalue weighted by atomic mass is 32.2. The maximum atomic E-state index is 12.2. The molecule has 9 nitrogen and oxygen atoms in total. The van der Waals surface area contributed by atoms with E-state index in [4.69, 9.17) is 10.1 Å². The van der Waals surface area contributed by atoms with Crippen molar-refractivity contribution in [2.45, 2.75) is 31.2 Å². The third kappa shape index (κ3) is 6.81. The van der Waals surface area contributed by atoms with Crippen molar-refractivity contribution < 1.29 is 23.9 Å². The molecular formula is C17H24N4O5S. The first kappa shape index (κ1) is 22.3. The molecule has 10 heteroatoms. The van der Waals surface area contributed by atoms with Gasteiger partial charge in [0.1, 0.15) is 0 Å². The number of nitrogens with one attached hydrogen (secondary N) is 3. The Morgan fingerprint density at radius 3 is 2.48 bits per heavy atom. The third-order valence-corrected chi connectivity index (χ3v) is 4.63. The summed E-state index contributed by atoms with van der Waals surface area (Å²) in [6.45, 7) is 3.65. The van der Waals surface area contributed by atoms with E-state index in [-0.39, 0.29) is 11.9 Å². The van der Waals surface area contributed by atoms with Crippen LogP contribution in [0.1, 0.15) is 20.3 Å². The van der Waals surface area contributed by atoms with E-state index in [0.717, 1.165) is 12.0 Å². The fourth-order valence-corrected chi connectivity index (χ4v) is 3.00. The van der Waals surface area contributed by atoms with Crippen LogP contribution >= 0.6 is 11.8 Å². The van der Waals surface area contributed by atoms with Crippen LogP contribution in [-0.2, 0) is 14.3 Å². The third-order valence-electron chi connectivity index (χ3n) is 3.31. The number of para-hydroxylation sites is 1. The second kappa shape index (κ2) is 11.1. The Morgan fingerprint density at radius 2 is 1.89 bits per heavy atom. The van der Waals surface area contributed by atoms with Crippen LogP contribution in [-0.4, -0.2) is 50.1 Å². The average molecular weight is 396 g/mol. The molecule has 148 valence electrons. The van der Waals surface area contributed by atoms with Gasteiger partial charge in [-0.15, -0.1) is 11.8 Å². The SMILES string of the molecule is CCC(=O)NC(C)CSc1ccccc1N(C(=N)NC(=O)OC)C(=O)OC. The molecule has 0 radical (unpaired) electrons. The minimum absolute atomic E-state index is 0.0448. The van der Waals surface area contributed by atoms with Gasteiger partial charge >= 0.3 is 12.2 Å². The molecule has 27 heavy (non-hydrogen) atoms. The summed E-state index contributed by atoms with van der Waals surface area (Å²) in [5.74, 6) is 0.000854. The summed E-state index contributed by atoms with van der Waals surface area (Å²) in [5, 5.41) is 13.0. The Labute approximate surface area is 162 Å². The highest BCUT2D eigenvalue weighted by molar-refractivity contribution is 7.99. The van der Waals surface area contributed by atoms with E-state index in [0.29, 0.717) is 22.8 Å². The second-order valence-electron chi connectivity index (χ2n) is 5.37. The van der Waals surface area contributed by atoms with Crippen LogP contribution in [0.4, 0.5) is 15.3 Å². The lowest BCUT2D eigenvalue weighted by atomic mass is 10.3. The number of rotatable bonds is 6. The first-order chi connectivity index (χ1) is 12.8. The first-order valence-electron chi connectivity index (χ1n) is 8.16. The highest BCUT2D eigenvalue weighted by Gasteiger charge is 2.25. The van der Waals surface area contributed by atoms with Gasteiger partial charge in [-0.3, -0.25) is 15.5 Å². The van der Waals surface area contributed by atoms with Gasteiger partial charge in [0, 0.05) is 23.1 Å². The molecule has 0 saturated heterocycles. The van der Waals surface area contributed by atoms with Crippen LogP contribution in [0.5, 0.6) is 0 Å². The number of carbonyl (C=O) groups excluding carboxylic acids is 3. The van der Waals surface area contributed by atoms with Crippen molar-refractivity contribution >= 4 is 41.5 Å². The van der Waals surface area contributed by atoms with Gasteiger partial charge in [-0.05, 0) is 19.1 Å². The molecule has 1 aromatic rings. The maximum Gasteiger partial charge on any atom is 0.421 e. The van der Waals surface area contributed by atoms with Crippen molar-refractivity contribution in [3.05, 3.63) is 24.3 Å². The largest absolute Gasteiger partial charge is 0.453 e. The van der Waals surface area contributed by atoms with Gasteiger partial charge in [0.05, 0.1) is 19.9 Å². The number of nitrogens with zero attached hydrogens (tertiary/aromatic N) is 1. The number of carbonyl (C=O) groups is 3. The number of hydrogen-bond donors (Lipinski definition) is 3. The van der Waals surface area contributed by atoms with E-state index in [1.807, 2.05) is 6.92 Å². The standard InChI is InChI=1S/C17H24N4O5S/c1-5-14(22)19-11(2)10-27-13-9-7-6-8-12(13)21(17(24)26-4)15(18)20-16(23)25-3/h6-9,11H,5,10H2,1-4H3,(H,19,22)(H2,18,20,23). The molecule has 0 aliphatic rings. The molecule has 0 aliphatic heterocycles. The smallest absolute Gasteiger partial charge is 0.421 e. The fourth-order valence-electron chi connectivity index (χ4n) is 2.00. The van der Waals surface area contributed by atoms with Gasteiger partial charge in [0.2, 0.25) is 11.9 Å². The number of anilines is 1. The normalized spacial score (nSPS) is 11.1. The van der Waals surface area contributed by atoms with Crippen LogP contribution in [0.25, 0.3) is 0 Å². The molecule has 0 spiro atoms. The van der Waals surface area contributed by atoms with Crippen LogP contribution in [0.2, 0.25) is 0 Å². The summed E-state index contributed by atoms with van der Waals surface area (Å²) in [6, 6.07) is 6.80. The Balaban J connectivity index is 3.03. The summed E-state index contributed by atoms with van der Waals surface area (Å²) in [5.41, 5.74) is 0.366. The van der Waals surface area contributed by atoms with E-state index < -0.39 is 18.1 Å². The van der Waals surface area contributed by atoms with Crippen LogP contribution in [0, 0.1) is 5.41 Å². The molecule has 1 aromatic carbocycles. The van der Waals surface area contributed by atoms with E-state index in [9.17, 15) is 14.4 Å². The van der Waals surface area contributed by atoms with Gasteiger partial charge < -0.3 is 14.8 Å². The van der Waals surface area contributed by atoms with Crippen LogP contribution in [0.3, 0.4) is 0 Å². The molecule has 0 saturated carbocycles. The highest BCUT2D eigenvalue weighted by Crippen LogP contribution is 2.31. The second-order valence-corrected chi connectivity index (χ2v) is 6.43. The van der Waals surface area contributed by atoms with Crippen LogP contribution < -0.4 is 15.5 Å². The number of methoxy groups -OCH3 is 2. The lowest BCUT2D eigenvalue weighted by Gasteiger charge is -2.24. The van der Waals surface area contributed by atoms with Gasteiger partial charge in [-0.2, -0.15) is 0 Å². The van der Waals surface area contributed by atoms with Crippen LogP contribution in [0.15, 0.2) is 29.2 Å². The minimum Gasteiger partial charge on any atom is -0.453 e. The number of amides is 3. The zero-order valence-electron chi connectivity index (χ0n) is 15.7. The average Bonchev–Trinajstić information content (AvgIpc) is 2.66. The predicted octanol–water partition coefficient (Wildman–Crippen LogP) is 2.56. The Morgan fingerprint density at radius 1 is 1.22 bits per heavy atom. The molecule has 1 unspecified atom stereocenters. The molecule has 3 amide bonds. The maximum absolute atomic E-state index is 12.2. The summed E-state index contributed by atoms with van der Waals surface area (Å²) in [6.07, 6.45) is -1.32. The van der Waals surface area contributed by atoms with E-state index >= 15 is 0 Å². The zero-order chi connectivity index (χ0) is 20.4. The number of ether oxygens (including phenoxy) is 2. The lowest BCUT2D eigenvalue weighted by molar-refractivity contribution is -0.121. The van der Waals surface area contributed by atoms with Crippen molar-refractivity contribution in [2.75, 3.05) is 24.9 Å². The number of benzene rings is 1. The van der Waals surface area contributed by atoms with Crippen molar-refractivity contribution in [3.8, 4) is 0 Å². The molecular weight excluding hydrogens is 372 g/mol. The van der Waals surface area contributed by atoms with Crippen molar-refractivity contribution in [1.82, 2.24) is 10.6 Å². The summed E-state index contributed by atoms with van der Waals surface area (Å²) < 4.78 is 9.20. The van der Waals surface area contributed by atoms with Gasteiger partial charge in [-0.25, -0.2) is 14.5 Å². The molecule has 3 N–H and O–H groups in total.